The number of hydrogen-bond donors (Lipinski definition) is 1. The Hall–Kier alpha value is -0.720. The first-order valence-corrected chi connectivity index (χ1v) is 7.15. The Morgan fingerprint density at radius 2 is 2.11 bits per heavy atom. The van der Waals surface area contributed by atoms with Gasteiger partial charge < -0.3 is 10.5 Å². The molecule has 0 unspecified atom stereocenters. The van der Waals surface area contributed by atoms with Gasteiger partial charge in [0.2, 0.25) is 16.9 Å². The monoisotopic (exact) mass is 326 g/mol. The quantitative estimate of drug-likeness (QED) is 0.840. The lowest BCUT2D eigenvalue weighted by molar-refractivity contribution is -0.112. The maximum atomic E-state index is 13.2. The van der Waals surface area contributed by atoms with E-state index in [-0.39, 0.29) is 33.3 Å². The SMILES string of the molecule is CC(C)CSC(=O)COc1nc(F)c(Cl)c(N)c1Cl. The first kappa shape index (κ1) is 16.3. The van der Waals surface area contributed by atoms with Crippen molar-refractivity contribution in [3.05, 3.63) is 16.0 Å². The zero-order valence-electron chi connectivity index (χ0n) is 10.4. The molecule has 0 aliphatic rings. The molecule has 0 atom stereocenters. The number of carbonyl (C=O) groups is 1. The maximum absolute atomic E-state index is 13.2. The number of carbonyl (C=O) groups excluding carboxylic acids is 1. The van der Waals surface area contributed by atoms with Crippen LogP contribution in [-0.4, -0.2) is 22.5 Å². The lowest BCUT2D eigenvalue weighted by Crippen LogP contribution is -2.11. The summed E-state index contributed by atoms with van der Waals surface area (Å²) in [6.07, 6.45) is 0. The van der Waals surface area contributed by atoms with Crippen molar-refractivity contribution in [3.8, 4) is 5.88 Å². The van der Waals surface area contributed by atoms with Crippen molar-refractivity contribution in [2.75, 3.05) is 18.1 Å². The fraction of sp³-hybridized carbons (Fsp3) is 0.455. The smallest absolute Gasteiger partial charge is 0.238 e. The highest BCUT2D eigenvalue weighted by molar-refractivity contribution is 8.13. The Morgan fingerprint density at radius 1 is 1.47 bits per heavy atom. The molecular weight excluding hydrogens is 314 g/mol. The first-order chi connectivity index (χ1) is 8.82. The summed E-state index contributed by atoms with van der Waals surface area (Å²) >= 11 is 12.5. The Bertz CT molecular complexity index is 486. The van der Waals surface area contributed by atoms with Gasteiger partial charge in [-0.25, -0.2) is 0 Å². The van der Waals surface area contributed by atoms with Crippen molar-refractivity contribution < 1.29 is 13.9 Å². The van der Waals surface area contributed by atoms with E-state index in [1.165, 1.54) is 0 Å². The molecule has 4 nitrogen and oxygen atoms in total. The van der Waals surface area contributed by atoms with E-state index < -0.39 is 5.95 Å². The Kier molecular flexibility index (Phi) is 6.16. The molecule has 0 amide bonds. The van der Waals surface area contributed by atoms with Crippen molar-refractivity contribution in [3.63, 3.8) is 0 Å². The second kappa shape index (κ2) is 7.17. The van der Waals surface area contributed by atoms with Crippen molar-refractivity contribution in [2.24, 2.45) is 5.92 Å². The molecule has 1 rings (SSSR count). The van der Waals surface area contributed by atoms with E-state index in [4.69, 9.17) is 33.7 Å². The van der Waals surface area contributed by atoms with Crippen LogP contribution in [0.15, 0.2) is 0 Å². The zero-order chi connectivity index (χ0) is 14.6. The van der Waals surface area contributed by atoms with Gasteiger partial charge in [-0.3, -0.25) is 4.79 Å². The number of thioether (sulfide) groups is 1. The summed E-state index contributed by atoms with van der Waals surface area (Å²) in [5, 5.41) is -0.661. The summed E-state index contributed by atoms with van der Waals surface area (Å²) in [5.74, 6) is -0.153. The molecule has 0 saturated heterocycles. The number of nitrogens with zero attached hydrogens (tertiary/aromatic N) is 1. The fourth-order valence-corrected chi connectivity index (χ4v) is 2.07. The molecule has 1 heterocycles. The van der Waals surface area contributed by atoms with Gasteiger partial charge in [-0.05, 0) is 5.92 Å². The van der Waals surface area contributed by atoms with Crippen LogP contribution >= 0.6 is 35.0 Å². The van der Waals surface area contributed by atoms with E-state index in [9.17, 15) is 9.18 Å². The predicted molar refractivity (Wildman–Crippen MR) is 76.4 cm³/mol. The number of anilines is 1. The van der Waals surface area contributed by atoms with Crippen molar-refractivity contribution in [2.45, 2.75) is 13.8 Å². The summed E-state index contributed by atoms with van der Waals surface area (Å²) in [6.45, 7) is 3.73. The lowest BCUT2D eigenvalue weighted by Gasteiger charge is -2.09. The highest BCUT2D eigenvalue weighted by Gasteiger charge is 2.17. The highest BCUT2D eigenvalue weighted by atomic mass is 35.5. The lowest BCUT2D eigenvalue weighted by atomic mass is 10.3. The van der Waals surface area contributed by atoms with Gasteiger partial charge in [0, 0.05) is 5.75 Å². The summed E-state index contributed by atoms with van der Waals surface area (Å²) in [5.41, 5.74) is 5.32. The molecule has 8 heteroatoms. The minimum absolute atomic E-state index is 0.104. The van der Waals surface area contributed by atoms with E-state index in [2.05, 4.69) is 4.98 Å². The van der Waals surface area contributed by atoms with Crippen LogP contribution in [0.3, 0.4) is 0 Å². The third kappa shape index (κ3) is 4.71. The largest absolute Gasteiger partial charge is 0.467 e. The fourth-order valence-electron chi connectivity index (χ4n) is 1.03. The molecule has 0 spiro atoms. The topological polar surface area (TPSA) is 65.2 Å². The van der Waals surface area contributed by atoms with E-state index >= 15 is 0 Å². The number of aromatic nitrogens is 1. The van der Waals surface area contributed by atoms with Crippen LogP contribution in [0.25, 0.3) is 0 Å². The van der Waals surface area contributed by atoms with Gasteiger partial charge in [0.25, 0.3) is 0 Å². The molecule has 1 aromatic rings. The van der Waals surface area contributed by atoms with Crippen molar-refractivity contribution in [1.29, 1.82) is 0 Å². The molecule has 0 aliphatic carbocycles. The molecule has 19 heavy (non-hydrogen) atoms. The number of pyridine rings is 1. The van der Waals surface area contributed by atoms with Gasteiger partial charge in [0.1, 0.15) is 10.0 Å². The minimum atomic E-state index is -0.985. The standard InChI is InChI=1S/C11H13Cl2FN2O2S/c1-5(2)4-19-6(17)3-18-11-8(13)9(15)7(12)10(14)16-11/h5H,3-4H2,1-2H3,(H2,15,16). The predicted octanol–water partition coefficient (Wildman–Crippen LogP) is 3.40. The first-order valence-electron chi connectivity index (χ1n) is 5.41. The number of nitrogens with two attached hydrogens (primary N) is 1. The van der Waals surface area contributed by atoms with E-state index in [1.54, 1.807) is 0 Å². The Labute approximate surface area is 124 Å². The van der Waals surface area contributed by atoms with Crippen LogP contribution in [-0.2, 0) is 4.79 Å². The second-order valence-corrected chi connectivity index (χ2v) is 5.95. The van der Waals surface area contributed by atoms with Crippen LogP contribution in [0.2, 0.25) is 10.0 Å². The van der Waals surface area contributed by atoms with Gasteiger partial charge in [-0.2, -0.15) is 9.37 Å². The molecule has 106 valence electrons. The third-order valence-corrected chi connectivity index (χ3v) is 3.94. The van der Waals surface area contributed by atoms with E-state index in [0.29, 0.717) is 11.7 Å². The Balaban J connectivity index is 2.66. The van der Waals surface area contributed by atoms with Crippen LogP contribution < -0.4 is 10.5 Å². The number of nitrogen functional groups attached to an aromatic ring is 1. The van der Waals surface area contributed by atoms with E-state index in [0.717, 1.165) is 11.8 Å². The van der Waals surface area contributed by atoms with Gasteiger partial charge in [0.05, 0.1) is 5.69 Å². The van der Waals surface area contributed by atoms with Gasteiger partial charge in [-0.15, -0.1) is 0 Å². The molecule has 0 saturated carbocycles. The highest BCUT2D eigenvalue weighted by Crippen LogP contribution is 2.35. The molecule has 0 fully saturated rings. The molecular formula is C11H13Cl2FN2O2S. The van der Waals surface area contributed by atoms with Crippen LogP contribution in [0, 0.1) is 11.9 Å². The number of hydrogen-bond acceptors (Lipinski definition) is 5. The average molecular weight is 327 g/mol. The van der Waals surface area contributed by atoms with Crippen molar-refractivity contribution >= 4 is 45.8 Å². The molecule has 0 aromatic carbocycles. The molecule has 0 bridgehead atoms. The zero-order valence-corrected chi connectivity index (χ0v) is 12.7. The van der Waals surface area contributed by atoms with Crippen molar-refractivity contribution in [1.82, 2.24) is 4.98 Å². The third-order valence-electron chi connectivity index (χ3n) is 1.95. The normalized spacial score (nSPS) is 10.8. The molecule has 0 aliphatic heterocycles. The Morgan fingerprint density at radius 3 is 2.68 bits per heavy atom. The summed E-state index contributed by atoms with van der Waals surface area (Å²) < 4.78 is 18.3. The maximum Gasteiger partial charge on any atom is 0.238 e. The van der Waals surface area contributed by atoms with Crippen LogP contribution in [0.4, 0.5) is 10.1 Å². The second-order valence-electron chi connectivity index (χ2n) is 4.11. The minimum Gasteiger partial charge on any atom is -0.467 e. The molecule has 1 aromatic heterocycles. The van der Waals surface area contributed by atoms with Gasteiger partial charge in [-0.1, -0.05) is 48.8 Å². The van der Waals surface area contributed by atoms with Gasteiger partial charge in [0.15, 0.2) is 6.61 Å². The molecule has 2 N–H and O–H groups in total. The summed E-state index contributed by atoms with van der Waals surface area (Å²) in [6, 6.07) is 0. The van der Waals surface area contributed by atoms with Gasteiger partial charge >= 0.3 is 0 Å². The summed E-state index contributed by atoms with van der Waals surface area (Å²) in [7, 11) is 0. The van der Waals surface area contributed by atoms with Crippen LogP contribution in [0.1, 0.15) is 13.8 Å². The van der Waals surface area contributed by atoms with E-state index in [1.807, 2.05) is 13.8 Å². The molecule has 0 radical (unpaired) electrons. The number of halogens is 3. The summed E-state index contributed by atoms with van der Waals surface area (Å²) in [4.78, 5) is 14.9. The number of rotatable bonds is 5. The van der Waals surface area contributed by atoms with Crippen LogP contribution in [0.5, 0.6) is 5.88 Å². The average Bonchev–Trinajstić information content (AvgIpc) is 2.36. The number of ether oxygens (including phenoxy) is 1.